The van der Waals surface area contributed by atoms with E-state index >= 15 is 0 Å². The molecule has 0 N–H and O–H groups in total. The first-order chi connectivity index (χ1) is 15.2. The van der Waals surface area contributed by atoms with Gasteiger partial charge in [0.1, 0.15) is 6.07 Å². The number of likely N-dealkylation sites (tertiary alicyclic amines) is 2. The number of fused-ring (bicyclic) bond motifs is 1. The van der Waals surface area contributed by atoms with Crippen LogP contribution in [0.5, 0.6) is 0 Å². The molecule has 3 saturated heterocycles. The zero-order valence-electron chi connectivity index (χ0n) is 18.5. The molecule has 164 valence electrons. The van der Waals surface area contributed by atoms with Crippen molar-refractivity contribution in [3.63, 3.8) is 0 Å². The Morgan fingerprint density at radius 2 is 1.97 bits per heavy atom. The second-order valence-corrected chi connectivity index (χ2v) is 9.42. The molecule has 6 heteroatoms. The third-order valence-electron chi connectivity index (χ3n) is 7.15. The second-order valence-electron chi connectivity index (χ2n) is 9.42. The van der Waals surface area contributed by atoms with E-state index in [4.69, 9.17) is 4.74 Å². The molecule has 0 radical (unpaired) electrons. The second kappa shape index (κ2) is 9.12. The van der Waals surface area contributed by atoms with Crippen molar-refractivity contribution in [1.82, 2.24) is 14.8 Å². The monoisotopic (exact) mass is 419 g/mol. The fourth-order valence-electron chi connectivity index (χ4n) is 5.71. The van der Waals surface area contributed by atoms with Crippen LogP contribution < -0.4 is 4.90 Å². The molecule has 3 aliphatic heterocycles. The van der Waals surface area contributed by atoms with Gasteiger partial charge in [-0.3, -0.25) is 14.8 Å². The minimum absolute atomic E-state index is 0.182. The molecule has 4 heterocycles. The number of hydrogen-bond donors (Lipinski definition) is 0. The number of aromatic nitrogens is 1. The van der Waals surface area contributed by atoms with Crippen LogP contribution in [0.3, 0.4) is 0 Å². The summed E-state index contributed by atoms with van der Waals surface area (Å²) in [7, 11) is 0. The maximum absolute atomic E-state index is 9.46. The molecule has 0 bridgehead atoms. The molecule has 3 aliphatic rings. The summed E-state index contributed by atoms with van der Waals surface area (Å²) in [6, 6.07) is 11.0. The first-order valence-electron chi connectivity index (χ1n) is 11.9. The van der Waals surface area contributed by atoms with Crippen molar-refractivity contribution in [2.24, 2.45) is 0 Å². The highest BCUT2D eigenvalue weighted by Crippen LogP contribution is 2.30. The summed E-state index contributed by atoms with van der Waals surface area (Å²) in [5.41, 5.74) is 2.59. The van der Waals surface area contributed by atoms with Gasteiger partial charge in [0.05, 0.1) is 23.3 Å². The number of nitrogens with zero attached hydrogens (tertiary/aromatic N) is 5. The molecule has 1 aromatic carbocycles. The lowest BCUT2D eigenvalue weighted by molar-refractivity contribution is -0.0301. The minimum atomic E-state index is 0.182. The van der Waals surface area contributed by atoms with Crippen molar-refractivity contribution >= 4 is 16.6 Å². The van der Waals surface area contributed by atoms with Crippen LogP contribution in [-0.4, -0.2) is 78.8 Å². The first kappa shape index (κ1) is 20.7. The summed E-state index contributed by atoms with van der Waals surface area (Å²) in [5.74, 6) is 0. The van der Waals surface area contributed by atoms with Crippen molar-refractivity contribution in [1.29, 1.82) is 5.26 Å². The molecule has 3 atom stereocenters. The molecule has 1 aromatic heterocycles. The number of piperidine rings is 1. The van der Waals surface area contributed by atoms with E-state index in [1.165, 1.54) is 51.9 Å². The van der Waals surface area contributed by atoms with Gasteiger partial charge in [-0.05, 0) is 70.1 Å². The Hall–Kier alpha value is -2.20. The molecule has 0 aliphatic carbocycles. The van der Waals surface area contributed by atoms with Gasteiger partial charge in [-0.15, -0.1) is 0 Å². The number of anilines is 1. The Morgan fingerprint density at radius 3 is 2.81 bits per heavy atom. The van der Waals surface area contributed by atoms with Gasteiger partial charge in [-0.1, -0.05) is 6.42 Å². The van der Waals surface area contributed by atoms with Crippen LogP contribution in [-0.2, 0) is 4.74 Å². The smallest absolute Gasteiger partial charge is 0.101 e. The Morgan fingerprint density at radius 1 is 1.10 bits per heavy atom. The van der Waals surface area contributed by atoms with E-state index in [-0.39, 0.29) is 12.2 Å². The predicted molar refractivity (Wildman–Crippen MR) is 123 cm³/mol. The van der Waals surface area contributed by atoms with Gasteiger partial charge in [0.2, 0.25) is 0 Å². The lowest BCUT2D eigenvalue weighted by Crippen LogP contribution is -2.51. The van der Waals surface area contributed by atoms with Crippen LogP contribution in [0, 0.1) is 11.3 Å². The molecule has 5 rings (SSSR count). The van der Waals surface area contributed by atoms with E-state index in [1.807, 2.05) is 12.1 Å². The van der Waals surface area contributed by atoms with E-state index in [0.717, 1.165) is 42.3 Å². The molecule has 2 aromatic rings. The summed E-state index contributed by atoms with van der Waals surface area (Å²) in [6.45, 7) is 9.83. The topological polar surface area (TPSA) is 55.6 Å². The van der Waals surface area contributed by atoms with Gasteiger partial charge in [0.15, 0.2) is 0 Å². The van der Waals surface area contributed by atoms with Crippen molar-refractivity contribution in [2.45, 2.75) is 50.9 Å². The largest absolute Gasteiger partial charge is 0.370 e. The Kier molecular flexibility index (Phi) is 6.08. The van der Waals surface area contributed by atoms with Crippen molar-refractivity contribution < 1.29 is 4.74 Å². The van der Waals surface area contributed by atoms with Crippen LogP contribution in [0.15, 0.2) is 30.5 Å². The number of ether oxygens (including phenoxy) is 1. The van der Waals surface area contributed by atoms with Gasteiger partial charge in [-0.2, -0.15) is 5.26 Å². The molecule has 6 nitrogen and oxygen atoms in total. The third-order valence-corrected chi connectivity index (χ3v) is 7.15. The van der Waals surface area contributed by atoms with E-state index in [2.05, 4.69) is 44.8 Å². The molecule has 0 saturated carbocycles. The van der Waals surface area contributed by atoms with E-state index in [1.54, 1.807) is 6.20 Å². The average Bonchev–Trinajstić information content (AvgIpc) is 3.27. The normalized spacial score (nSPS) is 28.1. The molecule has 3 fully saturated rings. The maximum atomic E-state index is 9.46. The number of nitriles is 1. The van der Waals surface area contributed by atoms with Crippen LogP contribution >= 0.6 is 0 Å². The highest BCUT2D eigenvalue weighted by molar-refractivity contribution is 5.95. The third kappa shape index (κ3) is 4.41. The molecule has 0 spiro atoms. The SMILES string of the molecule is C[C@@H]1CN(c2ccc(C#N)c3ncccc23)C[C@H](CN2CCC(N3CCCCC3)C2)O1. The van der Waals surface area contributed by atoms with Crippen molar-refractivity contribution in [3.8, 4) is 6.07 Å². The van der Waals surface area contributed by atoms with Crippen molar-refractivity contribution in [2.75, 3.05) is 50.7 Å². The molecule has 1 unspecified atom stereocenters. The highest BCUT2D eigenvalue weighted by Gasteiger charge is 2.33. The Bertz CT molecular complexity index is 951. The predicted octanol–water partition coefficient (Wildman–Crippen LogP) is 3.26. The number of hydrogen-bond acceptors (Lipinski definition) is 6. The average molecular weight is 420 g/mol. The van der Waals surface area contributed by atoms with Gasteiger partial charge >= 0.3 is 0 Å². The molecule has 0 amide bonds. The quantitative estimate of drug-likeness (QED) is 0.758. The first-order valence-corrected chi connectivity index (χ1v) is 11.9. The summed E-state index contributed by atoms with van der Waals surface area (Å²) in [4.78, 5) is 12.2. The molecule has 31 heavy (non-hydrogen) atoms. The van der Waals surface area contributed by atoms with Crippen LogP contribution in [0.1, 0.15) is 38.2 Å². The summed E-state index contributed by atoms with van der Waals surface area (Å²) < 4.78 is 6.37. The Balaban J connectivity index is 1.28. The Labute approximate surface area is 185 Å². The van der Waals surface area contributed by atoms with Gasteiger partial charge in [0.25, 0.3) is 0 Å². The number of benzene rings is 1. The van der Waals surface area contributed by atoms with E-state index < -0.39 is 0 Å². The number of morpholine rings is 1. The fourth-order valence-corrected chi connectivity index (χ4v) is 5.71. The fraction of sp³-hybridized carbons (Fsp3) is 0.600. The van der Waals surface area contributed by atoms with Gasteiger partial charge in [0, 0.05) is 49.5 Å². The van der Waals surface area contributed by atoms with Gasteiger partial charge in [-0.25, -0.2) is 0 Å². The van der Waals surface area contributed by atoms with Crippen LogP contribution in [0.25, 0.3) is 10.9 Å². The lowest BCUT2D eigenvalue weighted by Gasteiger charge is -2.40. The van der Waals surface area contributed by atoms with Crippen LogP contribution in [0.2, 0.25) is 0 Å². The minimum Gasteiger partial charge on any atom is -0.370 e. The van der Waals surface area contributed by atoms with Crippen LogP contribution in [0.4, 0.5) is 5.69 Å². The zero-order valence-corrected chi connectivity index (χ0v) is 18.5. The number of rotatable bonds is 4. The molecular weight excluding hydrogens is 386 g/mol. The molecular formula is C25H33N5O. The van der Waals surface area contributed by atoms with Crippen molar-refractivity contribution in [3.05, 3.63) is 36.0 Å². The maximum Gasteiger partial charge on any atom is 0.101 e. The summed E-state index contributed by atoms with van der Waals surface area (Å²) in [6.07, 6.45) is 7.56. The summed E-state index contributed by atoms with van der Waals surface area (Å²) in [5, 5.41) is 10.5. The zero-order chi connectivity index (χ0) is 21.2. The number of pyridine rings is 1. The van der Waals surface area contributed by atoms with E-state index in [0.29, 0.717) is 5.56 Å². The summed E-state index contributed by atoms with van der Waals surface area (Å²) >= 11 is 0. The van der Waals surface area contributed by atoms with E-state index in [9.17, 15) is 5.26 Å². The standard InChI is InChI=1S/C25H33N5O/c1-19-15-30(24-8-7-20(14-26)25-23(24)6-5-10-27-25)18-22(31-19)17-28-13-9-21(16-28)29-11-3-2-4-12-29/h5-8,10,19,21-22H,2-4,9,11-13,15-18H2,1H3/t19-,21?,22+/m1/s1. The van der Waals surface area contributed by atoms with Gasteiger partial charge < -0.3 is 9.64 Å². The highest BCUT2D eigenvalue weighted by atomic mass is 16.5. The lowest BCUT2D eigenvalue weighted by atomic mass is 10.1.